The van der Waals surface area contributed by atoms with Crippen LogP contribution in [0.1, 0.15) is 42.7 Å². The molecule has 2 rings (SSSR count). The van der Waals surface area contributed by atoms with Crippen molar-refractivity contribution in [3.63, 3.8) is 0 Å². The number of sulfonamides is 1. The first-order valence-corrected chi connectivity index (χ1v) is 9.50. The average Bonchev–Trinajstić information content (AvgIpc) is 2.52. The van der Waals surface area contributed by atoms with Crippen LogP contribution in [-0.4, -0.2) is 37.5 Å². The number of aromatic nitrogens is 2. The Morgan fingerprint density at radius 1 is 1.16 bits per heavy atom. The molecule has 0 N–H and O–H groups in total. The number of ketones is 1. The van der Waals surface area contributed by atoms with Crippen molar-refractivity contribution in [3.8, 4) is 11.3 Å². The minimum Gasteiger partial charge on any atom is -0.294 e. The first-order chi connectivity index (χ1) is 11.5. The van der Waals surface area contributed by atoms with Crippen molar-refractivity contribution in [3.05, 3.63) is 41.3 Å². The Morgan fingerprint density at radius 3 is 2.16 bits per heavy atom. The third kappa shape index (κ3) is 4.01. The molecule has 0 aliphatic rings. The number of rotatable bonds is 5. The molecule has 0 aliphatic carbocycles. The summed E-state index contributed by atoms with van der Waals surface area (Å²) in [5.74, 6) is -0.820. The lowest BCUT2D eigenvalue weighted by atomic mass is 9.96. The molecule has 8 heteroatoms. The Bertz CT molecular complexity index is 909. The van der Waals surface area contributed by atoms with Gasteiger partial charge in [-0.3, -0.25) is 4.79 Å². The molecule has 0 fully saturated rings. The maximum absolute atomic E-state index is 13.2. The van der Waals surface area contributed by atoms with E-state index in [9.17, 15) is 17.6 Å². The van der Waals surface area contributed by atoms with Gasteiger partial charge in [-0.05, 0) is 37.1 Å². The smallest absolute Gasteiger partial charge is 0.239 e. The molecule has 0 spiro atoms. The van der Waals surface area contributed by atoms with Gasteiger partial charge >= 0.3 is 0 Å². The van der Waals surface area contributed by atoms with Crippen LogP contribution in [0.4, 0.5) is 10.3 Å². The van der Waals surface area contributed by atoms with Crippen LogP contribution in [0.15, 0.2) is 24.3 Å². The highest BCUT2D eigenvalue weighted by atomic mass is 32.2. The molecule has 134 valence electrons. The van der Waals surface area contributed by atoms with Crippen molar-refractivity contribution in [2.75, 3.05) is 17.6 Å². The van der Waals surface area contributed by atoms with Crippen LogP contribution in [0.25, 0.3) is 11.3 Å². The van der Waals surface area contributed by atoms with E-state index in [4.69, 9.17) is 0 Å². The van der Waals surface area contributed by atoms with E-state index in [1.54, 1.807) is 0 Å². The second-order valence-electron chi connectivity index (χ2n) is 6.08. The summed E-state index contributed by atoms with van der Waals surface area (Å²) in [6.07, 6.45) is 1.04. The van der Waals surface area contributed by atoms with E-state index in [1.165, 1.54) is 38.2 Å². The molecule has 0 aliphatic heterocycles. The highest BCUT2D eigenvalue weighted by molar-refractivity contribution is 7.92. The van der Waals surface area contributed by atoms with Gasteiger partial charge in [0, 0.05) is 12.6 Å². The Balaban J connectivity index is 2.84. The van der Waals surface area contributed by atoms with Crippen molar-refractivity contribution in [1.29, 1.82) is 0 Å². The number of anilines is 1. The molecule has 6 nitrogen and oxygen atoms in total. The maximum atomic E-state index is 13.2. The van der Waals surface area contributed by atoms with Crippen LogP contribution in [0.3, 0.4) is 0 Å². The number of carbonyl (C=O) groups is 1. The van der Waals surface area contributed by atoms with Crippen molar-refractivity contribution >= 4 is 21.8 Å². The number of hydrogen-bond acceptors (Lipinski definition) is 5. The van der Waals surface area contributed by atoms with Crippen LogP contribution in [0.5, 0.6) is 0 Å². The molecule has 0 saturated carbocycles. The molecule has 0 amide bonds. The van der Waals surface area contributed by atoms with Crippen molar-refractivity contribution in [2.24, 2.45) is 0 Å². The molecule has 25 heavy (non-hydrogen) atoms. The number of nitrogens with zero attached hydrogens (tertiary/aromatic N) is 3. The molecule has 0 radical (unpaired) electrons. The fraction of sp³-hybridized carbons (Fsp3) is 0.353. The molecule has 0 atom stereocenters. The van der Waals surface area contributed by atoms with Gasteiger partial charge < -0.3 is 0 Å². The summed E-state index contributed by atoms with van der Waals surface area (Å²) in [4.78, 5) is 20.8. The lowest BCUT2D eigenvalue weighted by Gasteiger charge is -2.20. The van der Waals surface area contributed by atoms with Gasteiger partial charge in [0.2, 0.25) is 16.0 Å². The second-order valence-corrected chi connectivity index (χ2v) is 8.09. The van der Waals surface area contributed by atoms with E-state index in [0.29, 0.717) is 16.8 Å². The van der Waals surface area contributed by atoms with Gasteiger partial charge in [-0.15, -0.1) is 0 Å². The van der Waals surface area contributed by atoms with E-state index in [2.05, 4.69) is 9.97 Å². The summed E-state index contributed by atoms with van der Waals surface area (Å²) in [5, 5.41) is 0. The zero-order valence-electron chi connectivity index (χ0n) is 14.7. The number of carbonyl (C=O) groups excluding carboxylic acids is 1. The van der Waals surface area contributed by atoms with E-state index >= 15 is 0 Å². The minimum atomic E-state index is -3.57. The van der Waals surface area contributed by atoms with Crippen LogP contribution in [-0.2, 0) is 10.0 Å². The SMILES string of the molecule is CC(=O)c1c(-c2ccc(F)cc2)nc(N(C)S(C)(=O)=O)nc1C(C)C. The van der Waals surface area contributed by atoms with Crippen LogP contribution < -0.4 is 4.31 Å². The first-order valence-electron chi connectivity index (χ1n) is 7.65. The lowest BCUT2D eigenvalue weighted by Crippen LogP contribution is -2.28. The molecule has 0 unspecified atom stereocenters. The third-order valence-corrected chi connectivity index (χ3v) is 4.88. The van der Waals surface area contributed by atoms with Crippen LogP contribution >= 0.6 is 0 Å². The Hall–Kier alpha value is -2.35. The zero-order valence-corrected chi connectivity index (χ0v) is 15.6. The van der Waals surface area contributed by atoms with Gasteiger partial charge in [0.15, 0.2) is 5.78 Å². The van der Waals surface area contributed by atoms with E-state index in [1.807, 2.05) is 13.8 Å². The Labute approximate surface area is 146 Å². The lowest BCUT2D eigenvalue weighted by molar-refractivity contribution is 0.101. The molecule has 1 aromatic heterocycles. The molecule has 1 aromatic carbocycles. The van der Waals surface area contributed by atoms with Crippen LogP contribution in [0, 0.1) is 5.82 Å². The molecule has 0 bridgehead atoms. The first kappa shape index (κ1) is 19.0. The standard InChI is InChI=1S/C17H20FN3O3S/c1-10(2)15-14(11(3)22)16(12-6-8-13(18)9-7-12)20-17(19-15)21(4)25(5,23)24/h6-10H,1-5H3. The van der Waals surface area contributed by atoms with Gasteiger partial charge in [-0.25, -0.2) is 27.1 Å². The molecule has 0 saturated heterocycles. The quantitative estimate of drug-likeness (QED) is 0.761. The fourth-order valence-electron chi connectivity index (χ4n) is 2.34. The second kappa shape index (κ2) is 6.87. The summed E-state index contributed by atoms with van der Waals surface area (Å²) >= 11 is 0. The number of hydrogen-bond donors (Lipinski definition) is 0. The van der Waals surface area contributed by atoms with Gasteiger partial charge in [-0.2, -0.15) is 0 Å². The topological polar surface area (TPSA) is 80.2 Å². The third-order valence-electron chi connectivity index (χ3n) is 3.72. The Morgan fingerprint density at radius 2 is 1.72 bits per heavy atom. The van der Waals surface area contributed by atoms with Crippen molar-refractivity contribution < 1.29 is 17.6 Å². The van der Waals surface area contributed by atoms with Gasteiger partial charge in [-0.1, -0.05) is 13.8 Å². The highest BCUT2D eigenvalue weighted by Crippen LogP contribution is 2.30. The zero-order chi connectivity index (χ0) is 18.9. The molecule has 1 heterocycles. The average molecular weight is 365 g/mol. The normalized spacial score (nSPS) is 11.6. The molecule has 2 aromatic rings. The fourth-order valence-corrected chi connectivity index (χ4v) is 2.71. The highest BCUT2D eigenvalue weighted by Gasteiger charge is 2.24. The predicted octanol–water partition coefficient (Wildman–Crippen LogP) is 3.00. The molecular formula is C17H20FN3O3S. The van der Waals surface area contributed by atoms with E-state index in [0.717, 1.165) is 10.6 Å². The van der Waals surface area contributed by atoms with E-state index < -0.39 is 15.8 Å². The largest absolute Gasteiger partial charge is 0.294 e. The maximum Gasteiger partial charge on any atom is 0.239 e. The van der Waals surface area contributed by atoms with Crippen molar-refractivity contribution in [1.82, 2.24) is 9.97 Å². The summed E-state index contributed by atoms with van der Waals surface area (Å²) in [6.45, 7) is 5.11. The van der Waals surface area contributed by atoms with Crippen LogP contribution in [0.2, 0.25) is 0 Å². The number of benzene rings is 1. The summed E-state index contributed by atoms with van der Waals surface area (Å²) in [6, 6.07) is 5.52. The number of Topliss-reactive ketones (excluding diaryl/α,β-unsaturated/α-hetero) is 1. The van der Waals surface area contributed by atoms with Gasteiger partial charge in [0.05, 0.1) is 23.2 Å². The summed E-state index contributed by atoms with van der Waals surface area (Å²) in [7, 11) is -2.23. The molecular weight excluding hydrogens is 345 g/mol. The monoisotopic (exact) mass is 365 g/mol. The van der Waals surface area contributed by atoms with Crippen molar-refractivity contribution in [2.45, 2.75) is 26.7 Å². The summed E-state index contributed by atoms with van der Waals surface area (Å²) < 4.78 is 37.9. The predicted molar refractivity (Wildman–Crippen MR) is 94.8 cm³/mol. The van der Waals surface area contributed by atoms with Gasteiger partial charge in [0.1, 0.15) is 5.82 Å². The van der Waals surface area contributed by atoms with Gasteiger partial charge in [0.25, 0.3) is 0 Å². The number of halogens is 1. The summed E-state index contributed by atoms with van der Waals surface area (Å²) in [5.41, 5.74) is 1.57. The Kier molecular flexibility index (Phi) is 5.22. The van der Waals surface area contributed by atoms with E-state index in [-0.39, 0.29) is 23.3 Å². The minimum absolute atomic E-state index is 0.0319.